The average molecular weight is 436 g/mol. The highest BCUT2D eigenvalue weighted by molar-refractivity contribution is 9.10. The van der Waals surface area contributed by atoms with E-state index in [1.807, 2.05) is 42.5 Å². The van der Waals surface area contributed by atoms with Crippen LogP contribution in [0.3, 0.4) is 0 Å². The van der Waals surface area contributed by atoms with E-state index in [4.69, 9.17) is 10.5 Å². The molecule has 0 bridgehead atoms. The Morgan fingerprint density at radius 1 is 0.964 bits per heavy atom. The van der Waals surface area contributed by atoms with E-state index in [1.165, 1.54) is 11.9 Å². The zero-order valence-corrected chi connectivity index (χ0v) is 16.6. The molecule has 3 N–H and O–H groups in total. The van der Waals surface area contributed by atoms with Gasteiger partial charge in [-0.3, -0.25) is 4.98 Å². The Kier molecular flexibility index (Phi) is 5.34. The quantitative estimate of drug-likeness (QED) is 0.451. The average Bonchev–Trinajstić information content (AvgIpc) is 2.73. The summed E-state index contributed by atoms with van der Waals surface area (Å²) in [7, 11) is 0. The summed E-state index contributed by atoms with van der Waals surface area (Å²) in [6.07, 6.45) is 4.02. The Bertz CT molecular complexity index is 1100. The van der Waals surface area contributed by atoms with Crippen molar-refractivity contribution in [3.8, 4) is 11.6 Å². The number of benzene rings is 2. The van der Waals surface area contributed by atoms with Crippen molar-refractivity contribution in [1.82, 2.24) is 15.0 Å². The molecule has 0 fully saturated rings. The molecule has 7 heteroatoms. The molecule has 2 aromatic carbocycles. The van der Waals surface area contributed by atoms with E-state index in [-0.39, 0.29) is 0 Å². The second kappa shape index (κ2) is 8.22. The fourth-order valence-electron chi connectivity index (χ4n) is 2.87. The number of aromatic nitrogens is 3. The van der Waals surface area contributed by atoms with Crippen LogP contribution in [-0.2, 0) is 6.42 Å². The Balaban J connectivity index is 1.53. The minimum absolute atomic E-state index is 0.298. The molecule has 0 aliphatic rings. The van der Waals surface area contributed by atoms with Crippen molar-refractivity contribution in [2.45, 2.75) is 6.42 Å². The van der Waals surface area contributed by atoms with Crippen LogP contribution in [0.4, 0.5) is 11.5 Å². The zero-order chi connectivity index (χ0) is 19.3. The van der Waals surface area contributed by atoms with Gasteiger partial charge in [0, 0.05) is 22.6 Å². The Hall–Kier alpha value is -3.19. The molecular weight excluding hydrogens is 418 g/mol. The molecule has 0 radical (unpaired) electrons. The van der Waals surface area contributed by atoms with Crippen molar-refractivity contribution >= 4 is 38.3 Å². The summed E-state index contributed by atoms with van der Waals surface area (Å²) >= 11 is 3.53. The summed E-state index contributed by atoms with van der Waals surface area (Å²) in [6, 6.07) is 17.8. The molecule has 4 aromatic rings. The lowest BCUT2D eigenvalue weighted by atomic mass is 10.1. The maximum Gasteiger partial charge on any atom is 0.248 e. The van der Waals surface area contributed by atoms with Gasteiger partial charge >= 0.3 is 0 Å². The van der Waals surface area contributed by atoms with Gasteiger partial charge in [0.2, 0.25) is 5.88 Å². The number of nitrogen functional groups attached to an aromatic ring is 1. The minimum Gasteiger partial charge on any atom is -0.435 e. The van der Waals surface area contributed by atoms with Crippen LogP contribution in [0.15, 0.2) is 71.6 Å². The molecule has 0 atom stereocenters. The molecule has 4 rings (SSSR count). The summed E-state index contributed by atoms with van der Waals surface area (Å²) in [4.78, 5) is 12.8. The van der Waals surface area contributed by atoms with E-state index in [0.29, 0.717) is 29.7 Å². The first kappa shape index (κ1) is 18.2. The van der Waals surface area contributed by atoms with Gasteiger partial charge in [-0.15, -0.1) is 0 Å². The highest BCUT2D eigenvalue weighted by atomic mass is 79.9. The number of nitrogens with two attached hydrogens (primary N) is 1. The van der Waals surface area contributed by atoms with Crippen LogP contribution < -0.4 is 15.8 Å². The summed E-state index contributed by atoms with van der Waals surface area (Å²) in [5.41, 5.74) is 8.58. The van der Waals surface area contributed by atoms with Gasteiger partial charge in [0.1, 0.15) is 17.5 Å². The summed E-state index contributed by atoms with van der Waals surface area (Å²) in [5.74, 6) is 1.43. The van der Waals surface area contributed by atoms with Gasteiger partial charge in [0.15, 0.2) is 11.6 Å². The van der Waals surface area contributed by atoms with E-state index < -0.39 is 0 Å². The SMILES string of the molecule is Nc1c(NCCc2ccccc2)ncnc1Oc1ccc(Br)c2cccnc12. The third-order valence-electron chi connectivity index (χ3n) is 4.28. The standard InChI is InChI=1S/C21H18BrN5O/c22-16-8-9-17(19-15(16)7-4-11-24-19)28-21-18(23)20(26-13-27-21)25-12-10-14-5-2-1-3-6-14/h1-9,11,13H,10,12,23H2,(H,25,26,27). The number of ether oxygens (including phenoxy) is 1. The minimum atomic E-state index is 0.298. The predicted molar refractivity (Wildman–Crippen MR) is 115 cm³/mol. The summed E-state index contributed by atoms with van der Waals surface area (Å²) in [6.45, 7) is 0.702. The normalized spacial score (nSPS) is 10.8. The fourth-order valence-corrected chi connectivity index (χ4v) is 3.32. The lowest BCUT2D eigenvalue weighted by molar-refractivity contribution is 0.468. The molecule has 28 heavy (non-hydrogen) atoms. The zero-order valence-electron chi connectivity index (χ0n) is 15.0. The van der Waals surface area contributed by atoms with Crippen molar-refractivity contribution in [1.29, 1.82) is 0 Å². The topological polar surface area (TPSA) is 86.0 Å². The molecule has 2 heterocycles. The molecule has 140 valence electrons. The number of pyridine rings is 1. The van der Waals surface area contributed by atoms with Crippen molar-refractivity contribution in [2.24, 2.45) is 0 Å². The van der Waals surface area contributed by atoms with E-state index in [9.17, 15) is 0 Å². The van der Waals surface area contributed by atoms with Gasteiger partial charge in [0.05, 0.1) is 0 Å². The lowest BCUT2D eigenvalue weighted by Crippen LogP contribution is -2.10. The summed E-state index contributed by atoms with van der Waals surface area (Å²) in [5, 5.41) is 4.21. The number of nitrogens with zero attached hydrogens (tertiary/aromatic N) is 3. The van der Waals surface area contributed by atoms with Gasteiger partial charge in [-0.25, -0.2) is 4.98 Å². The van der Waals surface area contributed by atoms with Crippen LogP contribution >= 0.6 is 15.9 Å². The monoisotopic (exact) mass is 435 g/mol. The third kappa shape index (κ3) is 3.89. The van der Waals surface area contributed by atoms with Crippen molar-refractivity contribution in [3.63, 3.8) is 0 Å². The molecule has 0 amide bonds. The molecule has 0 aliphatic heterocycles. The number of hydrogen-bond acceptors (Lipinski definition) is 6. The number of anilines is 2. The largest absolute Gasteiger partial charge is 0.435 e. The molecule has 0 saturated heterocycles. The van der Waals surface area contributed by atoms with E-state index >= 15 is 0 Å². The fraction of sp³-hybridized carbons (Fsp3) is 0.0952. The number of halogens is 1. The second-order valence-electron chi connectivity index (χ2n) is 6.15. The van der Waals surface area contributed by atoms with Crippen LogP contribution in [0.5, 0.6) is 11.6 Å². The van der Waals surface area contributed by atoms with Gasteiger partial charge in [-0.1, -0.05) is 52.3 Å². The van der Waals surface area contributed by atoms with Crippen molar-refractivity contribution in [2.75, 3.05) is 17.6 Å². The number of rotatable bonds is 6. The van der Waals surface area contributed by atoms with Gasteiger partial charge in [-0.2, -0.15) is 4.98 Å². The Labute approximate surface area is 170 Å². The van der Waals surface area contributed by atoms with Crippen molar-refractivity contribution in [3.05, 3.63) is 77.2 Å². The molecule has 6 nitrogen and oxygen atoms in total. The third-order valence-corrected chi connectivity index (χ3v) is 4.97. The molecule has 0 spiro atoms. The Morgan fingerprint density at radius 3 is 2.68 bits per heavy atom. The molecule has 0 unspecified atom stereocenters. The summed E-state index contributed by atoms with van der Waals surface area (Å²) < 4.78 is 6.93. The Morgan fingerprint density at radius 2 is 1.82 bits per heavy atom. The van der Waals surface area contributed by atoms with Gasteiger partial charge in [0.25, 0.3) is 0 Å². The number of nitrogens with one attached hydrogen (secondary N) is 1. The molecular formula is C21H18BrN5O. The maximum atomic E-state index is 6.24. The molecule has 0 saturated carbocycles. The van der Waals surface area contributed by atoms with Gasteiger partial charge in [-0.05, 0) is 30.2 Å². The van der Waals surface area contributed by atoms with E-state index in [0.717, 1.165) is 21.8 Å². The van der Waals surface area contributed by atoms with Crippen LogP contribution in [0.1, 0.15) is 5.56 Å². The first-order valence-electron chi connectivity index (χ1n) is 8.82. The molecule has 2 aromatic heterocycles. The van der Waals surface area contributed by atoms with Crippen LogP contribution in [-0.4, -0.2) is 21.5 Å². The maximum absolute atomic E-state index is 6.24. The number of fused-ring (bicyclic) bond motifs is 1. The highest BCUT2D eigenvalue weighted by Gasteiger charge is 2.13. The van der Waals surface area contributed by atoms with Crippen LogP contribution in [0.2, 0.25) is 0 Å². The predicted octanol–water partition coefficient (Wildman–Crippen LogP) is 4.82. The number of hydrogen-bond donors (Lipinski definition) is 2. The van der Waals surface area contributed by atoms with Gasteiger partial charge < -0.3 is 15.8 Å². The first-order valence-corrected chi connectivity index (χ1v) is 9.61. The van der Waals surface area contributed by atoms with Crippen LogP contribution in [0, 0.1) is 0 Å². The van der Waals surface area contributed by atoms with Crippen molar-refractivity contribution < 1.29 is 4.74 Å². The van der Waals surface area contributed by atoms with E-state index in [2.05, 4.69) is 48.3 Å². The first-order chi connectivity index (χ1) is 13.7. The van der Waals surface area contributed by atoms with E-state index in [1.54, 1.807) is 6.20 Å². The van der Waals surface area contributed by atoms with Crippen LogP contribution in [0.25, 0.3) is 10.9 Å². The molecule has 0 aliphatic carbocycles. The lowest BCUT2D eigenvalue weighted by Gasteiger charge is -2.13. The smallest absolute Gasteiger partial charge is 0.248 e. The highest BCUT2D eigenvalue weighted by Crippen LogP contribution is 2.35. The second-order valence-corrected chi connectivity index (χ2v) is 7.00.